The van der Waals surface area contributed by atoms with Gasteiger partial charge in [0.05, 0.1) is 24.2 Å². The van der Waals surface area contributed by atoms with Crippen LogP contribution in [0.15, 0.2) is 72.8 Å². The van der Waals surface area contributed by atoms with Crippen molar-refractivity contribution in [2.45, 2.75) is 95.2 Å². The van der Waals surface area contributed by atoms with Crippen LogP contribution in [0.4, 0.5) is 39.5 Å². The van der Waals surface area contributed by atoms with Crippen LogP contribution in [0.3, 0.4) is 0 Å². The molecule has 0 N–H and O–H groups in total. The van der Waals surface area contributed by atoms with Crippen LogP contribution in [0.1, 0.15) is 19.3 Å². The molecule has 0 bridgehead atoms. The second kappa shape index (κ2) is 14.3. The van der Waals surface area contributed by atoms with E-state index in [9.17, 15) is 39.5 Å². The first kappa shape index (κ1) is 38.6. The van der Waals surface area contributed by atoms with Crippen LogP contribution in [0.2, 0.25) is 57.4 Å². The molecular formula is C33H42F9PSi3. The summed E-state index contributed by atoms with van der Waals surface area (Å²) in [5.41, 5.74) is 0. The van der Waals surface area contributed by atoms with Crippen molar-refractivity contribution >= 4 is 63.6 Å². The molecule has 0 amide bonds. The molecule has 0 radical (unpaired) electrons. The van der Waals surface area contributed by atoms with Crippen molar-refractivity contribution in [1.82, 2.24) is 0 Å². The fourth-order valence-electron chi connectivity index (χ4n) is 5.43. The lowest BCUT2D eigenvalue weighted by Gasteiger charge is -2.27. The smallest absolute Gasteiger partial charge is 0.171 e. The number of halogens is 9. The van der Waals surface area contributed by atoms with E-state index in [1.165, 1.54) is 0 Å². The average molecular weight is 725 g/mol. The molecule has 0 fully saturated rings. The zero-order valence-electron chi connectivity index (χ0n) is 27.0. The lowest BCUT2D eigenvalue weighted by Crippen LogP contribution is -2.43. The summed E-state index contributed by atoms with van der Waals surface area (Å²) in [4.78, 5) is 0. The van der Waals surface area contributed by atoms with Gasteiger partial charge >= 0.3 is 18.5 Å². The van der Waals surface area contributed by atoms with Crippen molar-refractivity contribution in [3.8, 4) is 0 Å². The molecule has 46 heavy (non-hydrogen) atoms. The summed E-state index contributed by atoms with van der Waals surface area (Å²) in [7, 11) is -8.27. The molecule has 3 aromatic carbocycles. The van der Waals surface area contributed by atoms with E-state index < -0.39 is 69.9 Å². The minimum Gasteiger partial charge on any atom is -0.171 e. The maximum Gasteiger partial charge on any atom is 0.388 e. The van der Waals surface area contributed by atoms with Gasteiger partial charge in [0.1, 0.15) is 0 Å². The van der Waals surface area contributed by atoms with E-state index in [-0.39, 0.29) is 18.1 Å². The Hall–Kier alpha value is -1.89. The van der Waals surface area contributed by atoms with Crippen molar-refractivity contribution in [2.75, 3.05) is 0 Å². The summed E-state index contributed by atoms with van der Waals surface area (Å²) < 4.78 is 117. The van der Waals surface area contributed by atoms with E-state index in [2.05, 4.69) is 0 Å². The second-order valence-corrected chi connectivity index (χ2v) is 30.7. The molecule has 0 aromatic heterocycles. The fraction of sp³-hybridized carbons (Fsp3) is 0.455. The van der Waals surface area contributed by atoms with Crippen LogP contribution >= 0.6 is 7.92 Å². The molecule has 0 aliphatic rings. The molecule has 3 rings (SSSR count). The predicted octanol–water partition coefficient (Wildman–Crippen LogP) is 9.05. The van der Waals surface area contributed by atoms with Crippen molar-refractivity contribution in [2.24, 2.45) is 0 Å². The summed E-state index contributed by atoms with van der Waals surface area (Å²) in [6.07, 6.45) is -15.1. The molecule has 0 nitrogen and oxygen atoms in total. The van der Waals surface area contributed by atoms with Gasteiger partial charge in [-0.15, -0.1) is 0 Å². The Morgan fingerprint density at radius 2 is 0.587 bits per heavy atom. The van der Waals surface area contributed by atoms with Gasteiger partial charge in [-0.25, -0.2) is 0 Å². The summed E-state index contributed by atoms with van der Waals surface area (Å²) >= 11 is 0. The summed E-state index contributed by atoms with van der Waals surface area (Å²) in [6.45, 7) is 11.5. The molecule has 0 spiro atoms. The van der Waals surface area contributed by atoms with E-state index in [4.69, 9.17) is 0 Å². The van der Waals surface area contributed by atoms with Gasteiger partial charge in [0, 0.05) is 19.3 Å². The monoisotopic (exact) mass is 724 g/mol. The summed E-state index contributed by atoms with van der Waals surface area (Å²) in [6, 6.07) is 23.4. The van der Waals surface area contributed by atoms with Crippen LogP contribution < -0.4 is 31.5 Å². The van der Waals surface area contributed by atoms with Gasteiger partial charge in [-0.05, 0) is 42.0 Å². The fourth-order valence-corrected chi connectivity index (χ4v) is 14.5. The molecule has 0 saturated heterocycles. The Morgan fingerprint density at radius 3 is 0.761 bits per heavy atom. The molecule has 0 saturated carbocycles. The minimum atomic E-state index is -4.22. The van der Waals surface area contributed by atoms with Crippen molar-refractivity contribution < 1.29 is 39.5 Å². The van der Waals surface area contributed by atoms with Crippen molar-refractivity contribution in [3.05, 3.63) is 72.8 Å². The van der Waals surface area contributed by atoms with Gasteiger partial charge in [-0.1, -0.05) is 128 Å². The highest BCUT2D eigenvalue weighted by Crippen LogP contribution is 2.34. The Balaban J connectivity index is 2.00. The predicted molar refractivity (Wildman–Crippen MR) is 183 cm³/mol. The SMILES string of the molecule is C[Si](C)(CCC(F)(F)F)c1ccc(P(c2ccc([Si](C)(C)CCC(F)(F)F)cc2)c2ccc([Si](C)(C)CCC(F)(F)F)cc2)cc1. The lowest BCUT2D eigenvalue weighted by atomic mass is 10.3. The van der Waals surface area contributed by atoms with Crippen molar-refractivity contribution in [1.29, 1.82) is 0 Å². The van der Waals surface area contributed by atoms with Gasteiger partial charge < -0.3 is 0 Å². The largest absolute Gasteiger partial charge is 0.388 e. The van der Waals surface area contributed by atoms with Crippen molar-refractivity contribution in [3.63, 3.8) is 0 Å². The number of benzene rings is 3. The highest BCUT2D eigenvalue weighted by molar-refractivity contribution is 7.79. The molecule has 254 valence electrons. The zero-order valence-corrected chi connectivity index (χ0v) is 30.9. The molecule has 0 heterocycles. The third kappa shape index (κ3) is 11.4. The van der Waals surface area contributed by atoms with Gasteiger partial charge in [0.15, 0.2) is 0 Å². The zero-order chi connectivity index (χ0) is 34.8. The van der Waals surface area contributed by atoms with E-state index in [0.29, 0.717) is 0 Å². The van der Waals surface area contributed by atoms with E-state index in [1.807, 2.05) is 112 Å². The summed E-state index contributed by atoms with van der Waals surface area (Å²) in [5.74, 6) is 0. The van der Waals surface area contributed by atoms with Gasteiger partial charge in [-0.2, -0.15) is 39.5 Å². The number of hydrogen-bond donors (Lipinski definition) is 0. The highest BCUT2D eigenvalue weighted by atomic mass is 31.1. The van der Waals surface area contributed by atoms with Gasteiger partial charge in [-0.3, -0.25) is 0 Å². The Bertz CT molecular complexity index is 1230. The third-order valence-corrected chi connectivity index (χ3v) is 21.5. The first-order valence-corrected chi connectivity index (χ1v) is 26.2. The Labute approximate surface area is 270 Å². The lowest BCUT2D eigenvalue weighted by molar-refractivity contribution is -0.131. The van der Waals surface area contributed by atoms with Gasteiger partial charge in [0.25, 0.3) is 0 Å². The normalized spacial score (nSPS) is 13.8. The quantitative estimate of drug-likeness (QED) is 0.0994. The van der Waals surface area contributed by atoms with Crippen LogP contribution in [-0.2, 0) is 0 Å². The van der Waals surface area contributed by atoms with E-state index in [1.54, 1.807) is 0 Å². The third-order valence-electron chi connectivity index (χ3n) is 8.82. The molecule has 3 aromatic rings. The maximum atomic E-state index is 13.0. The van der Waals surface area contributed by atoms with Crippen LogP contribution in [0.5, 0.6) is 0 Å². The molecular weight excluding hydrogens is 683 g/mol. The molecule has 13 heteroatoms. The minimum absolute atomic E-state index is 0.0789. The number of rotatable bonds is 12. The first-order chi connectivity index (χ1) is 20.9. The molecule has 0 atom stereocenters. The maximum absolute atomic E-state index is 13.0. The standard InChI is InChI=1S/C33H42F9PSi3/c1-44(2,22-19-31(34,35)36)28-13-7-25(8-14-28)43(26-9-15-29(16-10-26)45(3,4)23-20-32(37,38)39)27-11-17-30(18-12-27)46(5,6)24-21-33(40,41)42/h7-18H,19-24H2,1-6H3. The van der Waals surface area contributed by atoms with Crippen LogP contribution in [-0.4, -0.2) is 42.8 Å². The van der Waals surface area contributed by atoms with Crippen LogP contribution in [0, 0.1) is 0 Å². The highest BCUT2D eigenvalue weighted by Gasteiger charge is 2.35. The molecule has 0 aliphatic carbocycles. The van der Waals surface area contributed by atoms with Gasteiger partial charge in [0.2, 0.25) is 0 Å². The number of alkyl halides is 9. The second-order valence-electron chi connectivity index (χ2n) is 14.0. The number of hydrogen-bond acceptors (Lipinski definition) is 0. The molecule has 0 unspecified atom stereocenters. The van der Waals surface area contributed by atoms with E-state index in [0.717, 1.165) is 31.5 Å². The van der Waals surface area contributed by atoms with Crippen LogP contribution in [0.25, 0.3) is 0 Å². The topological polar surface area (TPSA) is 0 Å². The first-order valence-electron chi connectivity index (χ1n) is 15.2. The Kier molecular flexibility index (Phi) is 12.0. The summed E-state index contributed by atoms with van der Waals surface area (Å²) in [5, 5.41) is 5.62. The van der Waals surface area contributed by atoms with E-state index >= 15 is 0 Å². The Morgan fingerprint density at radius 1 is 0.391 bits per heavy atom. The molecule has 0 aliphatic heterocycles. The average Bonchev–Trinajstić information content (AvgIpc) is 2.94.